The minimum atomic E-state index is -0.498. The Balaban J connectivity index is 1.54. The van der Waals surface area contributed by atoms with Crippen molar-refractivity contribution in [2.75, 3.05) is 23.5 Å². The van der Waals surface area contributed by atoms with E-state index in [1.807, 2.05) is 24.3 Å². The third-order valence-corrected chi connectivity index (χ3v) is 5.75. The number of aromatic nitrogens is 2. The summed E-state index contributed by atoms with van der Waals surface area (Å²) < 4.78 is 5.75. The minimum Gasteiger partial charge on any atom is -0.497 e. The molecule has 29 heavy (non-hydrogen) atoms. The van der Waals surface area contributed by atoms with Crippen molar-refractivity contribution in [3.63, 3.8) is 0 Å². The molecule has 150 valence electrons. The zero-order valence-electron chi connectivity index (χ0n) is 15.5. The van der Waals surface area contributed by atoms with Crippen LogP contribution < -0.4 is 15.4 Å². The van der Waals surface area contributed by atoms with Gasteiger partial charge in [0.1, 0.15) is 5.75 Å². The molecular formula is C18H17N5O4S2. The summed E-state index contributed by atoms with van der Waals surface area (Å²) in [6.45, 7) is 1.77. The first-order chi connectivity index (χ1) is 13.9. The van der Waals surface area contributed by atoms with E-state index < -0.39 is 4.92 Å². The molecular weight excluding hydrogens is 414 g/mol. The van der Waals surface area contributed by atoms with Crippen molar-refractivity contribution in [3.05, 3.63) is 58.1 Å². The monoisotopic (exact) mass is 431 g/mol. The van der Waals surface area contributed by atoms with Gasteiger partial charge < -0.3 is 15.4 Å². The highest BCUT2D eigenvalue weighted by Gasteiger charge is 2.13. The number of non-ortho nitro benzene ring substituents is 1. The van der Waals surface area contributed by atoms with Crippen LogP contribution in [-0.2, 0) is 4.79 Å². The van der Waals surface area contributed by atoms with Gasteiger partial charge in [-0.3, -0.25) is 14.9 Å². The third-order valence-electron chi connectivity index (χ3n) is 3.78. The fourth-order valence-corrected chi connectivity index (χ4v) is 3.86. The van der Waals surface area contributed by atoms with Gasteiger partial charge in [0, 0.05) is 17.8 Å². The number of benzene rings is 2. The third kappa shape index (κ3) is 5.65. The highest BCUT2D eigenvalue weighted by atomic mass is 32.2. The number of nitrogens with one attached hydrogen (secondary N) is 2. The Morgan fingerprint density at radius 3 is 2.69 bits per heavy atom. The van der Waals surface area contributed by atoms with E-state index in [-0.39, 0.29) is 17.3 Å². The molecule has 3 rings (SSSR count). The average Bonchev–Trinajstić information content (AvgIpc) is 3.16. The smallest absolute Gasteiger partial charge is 0.271 e. The number of nitro groups is 1. The topological polar surface area (TPSA) is 119 Å². The fourth-order valence-electron chi connectivity index (χ4n) is 2.29. The SMILES string of the molecule is COc1ccc(Nc2nnc(SCC(=O)Nc3cc([N+](=O)[O-])ccc3C)s2)cc1. The number of aryl methyl sites for hydroxylation is 1. The average molecular weight is 431 g/mol. The lowest BCUT2D eigenvalue weighted by atomic mass is 10.2. The maximum absolute atomic E-state index is 12.2. The second kappa shape index (κ2) is 9.34. The molecule has 1 amide bonds. The predicted molar refractivity (Wildman–Crippen MR) is 113 cm³/mol. The van der Waals surface area contributed by atoms with Crippen molar-refractivity contribution >= 4 is 51.2 Å². The van der Waals surface area contributed by atoms with Gasteiger partial charge in [0.25, 0.3) is 5.69 Å². The summed E-state index contributed by atoms with van der Waals surface area (Å²) in [5.41, 5.74) is 1.94. The number of ether oxygens (including phenoxy) is 1. The second-order valence-electron chi connectivity index (χ2n) is 5.82. The van der Waals surface area contributed by atoms with Crippen molar-refractivity contribution < 1.29 is 14.5 Å². The first-order valence-corrected chi connectivity index (χ1v) is 10.2. The zero-order chi connectivity index (χ0) is 20.8. The lowest BCUT2D eigenvalue weighted by molar-refractivity contribution is -0.384. The summed E-state index contributed by atoms with van der Waals surface area (Å²) in [7, 11) is 1.60. The molecule has 0 fully saturated rings. The van der Waals surface area contributed by atoms with Crippen LogP contribution in [0.2, 0.25) is 0 Å². The number of amides is 1. The van der Waals surface area contributed by atoms with Gasteiger partial charge in [-0.15, -0.1) is 10.2 Å². The van der Waals surface area contributed by atoms with Gasteiger partial charge in [-0.25, -0.2) is 0 Å². The summed E-state index contributed by atoms with van der Waals surface area (Å²) in [5, 5.41) is 25.4. The van der Waals surface area contributed by atoms with Crippen LogP contribution in [-0.4, -0.2) is 33.9 Å². The zero-order valence-corrected chi connectivity index (χ0v) is 17.2. The molecule has 0 atom stereocenters. The maximum Gasteiger partial charge on any atom is 0.271 e. The predicted octanol–water partition coefficient (Wildman–Crippen LogP) is 4.24. The van der Waals surface area contributed by atoms with Crippen LogP contribution in [0.4, 0.5) is 22.2 Å². The Bertz CT molecular complexity index is 1020. The molecule has 9 nitrogen and oxygen atoms in total. The first kappa shape index (κ1) is 20.6. The number of nitrogens with zero attached hydrogens (tertiary/aromatic N) is 3. The van der Waals surface area contributed by atoms with E-state index in [0.29, 0.717) is 15.2 Å². The summed E-state index contributed by atoms with van der Waals surface area (Å²) in [6.07, 6.45) is 0. The number of hydrogen-bond acceptors (Lipinski definition) is 9. The molecule has 0 aliphatic heterocycles. The van der Waals surface area contributed by atoms with Crippen molar-refractivity contribution in [1.29, 1.82) is 0 Å². The number of thioether (sulfide) groups is 1. The molecule has 11 heteroatoms. The molecule has 0 saturated carbocycles. The van der Waals surface area contributed by atoms with Gasteiger partial charge in [0.15, 0.2) is 4.34 Å². The number of nitro benzene ring substituents is 1. The van der Waals surface area contributed by atoms with Crippen LogP contribution in [0, 0.1) is 17.0 Å². The van der Waals surface area contributed by atoms with Crippen LogP contribution >= 0.6 is 23.1 Å². The summed E-state index contributed by atoms with van der Waals surface area (Å²) in [5.74, 6) is 0.590. The Morgan fingerprint density at radius 2 is 2.00 bits per heavy atom. The fraction of sp³-hybridized carbons (Fsp3) is 0.167. The highest BCUT2D eigenvalue weighted by molar-refractivity contribution is 8.01. The molecule has 0 spiro atoms. The Labute approximate surface area is 174 Å². The van der Waals surface area contributed by atoms with Gasteiger partial charge in [0.05, 0.1) is 23.5 Å². The van der Waals surface area contributed by atoms with Crippen LogP contribution in [0.3, 0.4) is 0 Å². The van der Waals surface area contributed by atoms with Crippen LogP contribution in [0.1, 0.15) is 5.56 Å². The van der Waals surface area contributed by atoms with Gasteiger partial charge in [0.2, 0.25) is 11.0 Å². The number of methoxy groups -OCH3 is 1. The van der Waals surface area contributed by atoms with E-state index in [0.717, 1.165) is 17.0 Å². The maximum atomic E-state index is 12.2. The van der Waals surface area contributed by atoms with Gasteiger partial charge in [-0.1, -0.05) is 29.2 Å². The van der Waals surface area contributed by atoms with Crippen molar-refractivity contribution in [2.45, 2.75) is 11.3 Å². The van der Waals surface area contributed by atoms with E-state index in [2.05, 4.69) is 20.8 Å². The van der Waals surface area contributed by atoms with Crippen molar-refractivity contribution in [2.24, 2.45) is 0 Å². The molecule has 0 aliphatic rings. The molecule has 0 saturated heterocycles. The summed E-state index contributed by atoms with van der Waals surface area (Å²) in [4.78, 5) is 22.6. The van der Waals surface area contributed by atoms with E-state index in [1.54, 1.807) is 20.1 Å². The molecule has 1 heterocycles. The molecule has 0 bridgehead atoms. The number of carbonyl (C=O) groups is 1. The van der Waals surface area contributed by atoms with Crippen LogP contribution in [0.5, 0.6) is 5.75 Å². The first-order valence-electron chi connectivity index (χ1n) is 8.37. The normalized spacial score (nSPS) is 10.4. The molecule has 2 aromatic carbocycles. The van der Waals surface area contributed by atoms with E-state index >= 15 is 0 Å². The lowest BCUT2D eigenvalue weighted by Gasteiger charge is -2.07. The van der Waals surface area contributed by atoms with E-state index in [4.69, 9.17) is 4.74 Å². The van der Waals surface area contributed by atoms with Crippen molar-refractivity contribution in [1.82, 2.24) is 10.2 Å². The van der Waals surface area contributed by atoms with Crippen molar-refractivity contribution in [3.8, 4) is 5.75 Å². The minimum absolute atomic E-state index is 0.0723. The second-order valence-corrected chi connectivity index (χ2v) is 8.02. The molecule has 0 radical (unpaired) electrons. The number of anilines is 3. The molecule has 0 unspecified atom stereocenters. The Hall–Kier alpha value is -3.18. The molecule has 1 aromatic heterocycles. The lowest BCUT2D eigenvalue weighted by Crippen LogP contribution is -2.15. The van der Waals surface area contributed by atoms with Gasteiger partial charge in [-0.05, 0) is 36.8 Å². The number of rotatable bonds is 8. The largest absolute Gasteiger partial charge is 0.497 e. The van der Waals surface area contributed by atoms with Gasteiger partial charge >= 0.3 is 0 Å². The standard InChI is InChI=1S/C18H17N5O4S2/c1-11-3-6-13(23(25)26)9-15(11)20-16(24)10-28-18-22-21-17(29-18)19-12-4-7-14(27-2)8-5-12/h3-9H,10H2,1-2H3,(H,19,21)(H,20,24). The Kier molecular flexibility index (Phi) is 6.62. The van der Waals surface area contributed by atoms with Crippen LogP contribution in [0.25, 0.3) is 0 Å². The van der Waals surface area contributed by atoms with E-state index in [1.165, 1.54) is 35.2 Å². The molecule has 0 aliphatic carbocycles. The number of hydrogen-bond donors (Lipinski definition) is 2. The van der Waals surface area contributed by atoms with E-state index in [9.17, 15) is 14.9 Å². The van der Waals surface area contributed by atoms with Crippen LogP contribution in [0.15, 0.2) is 46.8 Å². The quantitative estimate of drug-likeness (QED) is 0.309. The Morgan fingerprint density at radius 1 is 1.24 bits per heavy atom. The molecule has 2 N–H and O–H groups in total. The summed E-state index contributed by atoms with van der Waals surface area (Å²) >= 11 is 2.57. The highest BCUT2D eigenvalue weighted by Crippen LogP contribution is 2.29. The van der Waals surface area contributed by atoms with Gasteiger partial charge in [-0.2, -0.15) is 0 Å². The summed E-state index contributed by atoms with van der Waals surface area (Å²) in [6, 6.07) is 11.7. The molecule has 3 aromatic rings. The number of carbonyl (C=O) groups excluding carboxylic acids is 1.